The van der Waals surface area contributed by atoms with Crippen molar-refractivity contribution < 1.29 is 9.85 Å². The highest BCUT2D eigenvalue weighted by Gasteiger charge is 2.21. The maximum atomic E-state index is 11.2. The molecule has 3 aromatic rings. The number of nitro benzene ring substituents is 2. The summed E-state index contributed by atoms with van der Waals surface area (Å²) >= 11 is 2.60. The Morgan fingerprint density at radius 1 is 1.11 bits per heavy atom. The summed E-state index contributed by atoms with van der Waals surface area (Å²) in [4.78, 5) is 30.6. The molecule has 8 nitrogen and oxygen atoms in total. The van der Waals surface area contributed by atoms with Gasteiger partial charge in [-0.3, -0.25) is 20.2 Å². The van der Waals surface area contributed by atoms with Crippen molar-refractivity contribution in [3.8, 4) is 0 Å². The zero-order valence-corrected chi connectivity index (χ0v) is 15.6. The average Bonchev–Trinajstić information content (AvgIpc) is 3.05. The van der Waals surface area contributed by atoms with Crippen molar-refractivity contribution in [1.82, 2.24) is 9.97 Å². The first kappa shape index (κ1) is 18.7. The minimum atomic E-state index is -0.671. The van der Waals surface area contributed by atoms with Crippen LogP contribution in [-0.4, -0.2) is 19.8 Å². The van der Waals surface area contributed by atoms with Gasteiger partial charge in [0.25, 0.3) is 11.4 Å². The average molecular weight is 400 g/mol. The van der Waals surface area contributed by atoms with Gasteiger partial charge in [0.2, 0.25) is 0 Å². The van der Waals surface area contributed by atoms with Crippen LogP contribution >= 0.6 is 23.1 Å². The van der Waals surface area contributed by atoms with Gasteiger partial charge >= 0.3 is 0 Å². The Bertz CT molecular complexity index is 1050. The third-order valence-electron chi connectivity index (χ3n) is 3.51. The van der Waals surface area contributed by atoms with Crippen molar-refractivity contribution >= 4 is 46.6 Å². The van der Waals surface area contributed by atoms with Crippen molar-refractivity contribution in [3.63, 3.8) is 0 Å². The van der Waals surface area contributed by atoms with E-state index in [1.54, 1.807) is 23.6 Å². The predicted molar refractivity (Wildman–Crippen MR) is 104 cm³/mol. The van der Waals surface area contributed by atoms with Crippen LogP contribution < -0.4 is 0 Å². The van der Waals surface area contributed by atoms with E-state index in [9.17, 15) is 20.2 Å². The lowest BCUT2D eigenvalue weighted by Gasteiger charge is -2.03. The fourth-order valence-electron chi connectivity index (χ4n) is 2.16. The molecule has 0 saturated carbocycles. The second-order valence-corrected chi connectivity index (χ2v) is 7.29. The van der Waals surface area contributed by atoms with Gasteiger partial charge in [-0.15, -0.1) is 11.3 Å². The van der Waals surface area contributed by atoms with Gasteiger partial charge in [-0.25, -0.2) is 9.97 Å². The smallest absolute Gasteiger partial charge is 0.258 e. The number of nitro groups is 2. The van der Waals surface area contributed by atoms with Gasteiger partial charge in [0.05, 0.1) is 26.5 Å². The Labute approximate surface area is 161 Å². The molecule has 2 heterocycles. The molecular formula is C17H12N4O4S2. The monoisotopic (exact) mass is 400 g/mol. The topological polar surface area (TPSA) is 112 Å². The number of hydrogen-bond donors (Lipinski definition) is 0. The van der Waals surface area contributed by atoms with E-state index in [1.807, 2.05) is 30.5 Å². The Balaban J connectivity index is 1.86. The molecule has 27 heavy (non-hydrogen) atoms. The first-order chi connectivity index (χ1) is 12.9. The maximum absolute atomic E-state index is 11.2. The molecule has 0 aliphatic carbocycles. The van der Waals surface area contributed by atoms with Crippen molar-refractivity contribution in [2.75, 3.05) is 0 Å². The molecule has 10 heteroatoms. The quantitative estimate of drug-likeness (QED) is 0.325. The highest BCUT2D eigenvalue weighted by molar-refractivity contribution is 7.99. The largest absolute Gasteiger partial charge is 0.290 e. The van der Waals surface area contributed by atoms with E-state index in [0.717, 1.165) is 22.7 Å². The SMILES string of the molecule is Cc1ccsc1C=Cc1ccnc(Sc2ccc([N+](=O)[O-])cc2[N+](=O)[O-])n1. The number of benzene rings is 1. The van der Waals surface area contributed by atoms with Crippen molar-refractivity contribution in [2.24, 2.45) is 0 Å². The molecule has 0 unspecified atom stereocenters. The van der Waals surface area contributed by atoms with Crippen molar-refractivity contribution in [1.29, 1.82) is 0 Å². The maximum Gasteiger partial charge on any atom is 0.290 e. The molecule has 0 radical (unpaired) electrons. The second-order valence-electron chi connectivity index (χ2n) is 5.33. The fourth-order valence-corrected chi connectivity index (χ4v) is 3.81. The van der Waals surface area contributed by atoms with Gasteiger partial charge in [0, 0.05) is 17.1 Å². The molecule has 0 aliphatic rings. The molecule has 0 aliphatic heterocycles. The second kappa shape index (κ2) is 8.06. The van der Waals surface area contributed by atoms with E-state index in [-0.39, 0.29) is 16.3 Å². The summed E-state index contributed by atoms with van der Waals surface area (Å²) in [6.07, 6.45) is 5.35. The Morgan fingerprint density at radius 2 is 1.93 bits per heavy atom. The van der Waals surface area contributed by atoms with E-state index in [0.29, 0.717) is 10.9 Å². The number of nitrogens with zero attached hydrogens (tertiary/aromatic N) is 4. The van der Waals surface area contributed by atoms with Gasteiger partial charge in [0.1, 0.15) is 0 Å². The van der Waals surface area contributed by atoms with Crippen LogP contribution in [0.25, 0.3) is 12.2 Å². The summed E-state index contributed by atoms with van der Waals surface area (Å²) in [5.74, 6) is 0. The fraction of sp³-hybridized carbons (Fsp3) is 0.0588. The zero-order valence-electron chi connectivity index (χ0n) is 13.9. The van der Waals surface area contributed by atoms with Crippen molar-refractivity contribution in [2.45, 2.75) is 17.0 Å². The van der Waals surface area contributed by atoms with Gasteiger partial charge in [-0.05, 0) is 60.0 Å². The standard InChI is InChI=1S/C17H12N4O4S2/c1-11-7-9-26-15(11)4-2-12-6-8-18-17(19-12)27-16-5-3-13(20(22)23)10-14(16)21(24)25/h2-10H,1H3. The van der Waals surface area contributed by atoms with E-state index in [4.69, 9.17) is 0 Å². The van der Waals surface area contributed by atoms with Crippen LogP contribution in [0, 0.1) is 27.2 Å². The van der Waals surface area contributed by atoms with Crippen LogP contribution in [0.15, 0.2) is 52.0 Å². The van der Waals surface area contributed by atoms with Crippen LogP contribution in [0.3, 0.4) is 0 Å². The third-order valence-corrected chi connectivity index (χ3v) is 5.44. The molecule has 0 spiro atoms. The van der Waals surface area contributed by atoms with Crippen LogP contribution in [-0.2, 0) is 0 Å². The van der Waals surface area contributed by atoms with E-state index in [1.165, 1.54) is 17.7 Å². The number of thiophene rings is 1. The first-order valence-electron chi connectivity index (χ1n) is 7.60. The number of non-ortho nitro benzene ring substituents is 1. The minimum absolute atomic E-state index is 0.237. The summed E-state index contributed by atoms with van der Waals surface area (Å²) in [5, 5.41) is 24.4. The van der Waals surface area contributed by atoms with E-state index < -0.39 is 9.85 Å². The van der Waals surface area contributed by atoms with Crippen LogP contribution in [0.1, 0.15) is 16.1 Å². The molecule has 3 rings (SSSR count). The Kier molecular flexibility index (Phi) is 5.57. The molecule has 136 valence electrons. The molecule has 0 bridgehead atoms. The van der Waals surface area contributed by atoms with Gasteiger partial charge < -0.3 is 0 Å². The predicted octanol–water partition coefficient (Wildman–Crippen LogP) is 4.98. The Morgan fingerprint density at radius 3 is 2.59 bits per heavy atom. The molecule has 0 N–H and O–H groups in total. The molecule has 1 aromatic carbocycles. The lowest BCUT2D eigenvalue weighted by atomic mass is 10.2. The summed E-state index contributed by atoms with van der Waals surface area (Å²) in [6, 6.07) is 7.25. The van der Waals surface area contributed by atoms with E-state index in [2.05, 4.69) is 9.97 Å². The van der Waals surface area contributed by atoms with Gasteiger partial charge in [-0.2, -0.15) is 0 Å². The highest BCUT2D eigenvalue weighted by Crippen LogP contribution is 2.35. The number of aromatic nitrogens is 2. The lowest BCUT2D eigenvalue weighted by Crippen LogP contribution is -1.95. The van der Waals surface area contributed by atoms with Crippen LogP contribution in [0.5, 0.6) is 0 Å². The Hall–Kier alpha value is -3.11. The van der Waals surface area contributed by atoms with Crippen LogP contribution in [0.4, 0.5) is 11.4 Å². The zero-order chi connectivity index (χ0) is 19.4. The number of rotatable bonds is 6. The van der Waals surface area contributed by atoms with Crippen LogP contribution in [0.2, 0.25) is 0 Å². The lowest BCUT2D eigenvalue weighted by molar-refractivity contribution is -0.396. The third kappa shape index (κ3) is 4.54. The molecule has 0 atom stereocenters. The molecule has 0 amide bonds. The highest BCUT2D eigenvalue weighted by atomic mass is 32.2. The number of aryl methyl sites for hydroxylation is 1. The van der Waals surface area contributed by atoms with Gasteiger partial charge in [0.15, 0.2) is 5.16 Å². The van der Waals surface area contributed by atoms with Gasteiger partial charge in [-0.1, -0.05) is 0 Å². The van der Waals surface area contributed by atoms with Crippen molar-refractivity contribution in [3.05, 3.63) is 78.3 Å². The normalized spacial score (nSPS) is 11.0. The molecule has 0 saturated heterocycles. The molecular weight excluding hydrogens is 388 g/mol. The summed E-state index contributed by atoms with van der Waals surface area (Å²) < 4.78 is 0. The minimum Gasteiger partial charge on any atom is -0.258 e. The molecule has 2 aromatic heterocycles. The summed E-state index contributed by atoms with van der Waals surface area (Å²) in [7, 11) is 0. The first-order valence-corrected chi connectivity index (χ1v) is 9.29. The summed E-state index contributed by atoms with van der Waals surface area (Å²) in [5.41, 5.74) is 1.13. The molecule has 0 fully saturated rings. The van der Waals surface area contributed by atoms with E-state index >= 15 is 0 Å². The number of hydrogen-bond acceptors (Lipinski definition) is 8. The summed E-state index contributed by atoms with van der Waals surface area (Å²) in [6.45, 7) is 2.02.